The van der Waals surface area contributed by atoms with Crippen LogP contribution in [0, 0.1) is 5.82 Å². The Morgan fingerprint density at radius 1 is 1.09 bits per heavy atom. The Morgan fingerprint density at radius 3 is 2.65 bits per heavy atom. The summed E-state index contributed by atoms with van der Waals surface area (Å²) in [6, 6.07) is 9.99. The normalized spacial score (nSPS) is 14.0. The second-order valence-electron chi connectivity index (χ2n) is 5.35. The van der Waals surface area contributed by atoms with Crippen LogP contribution in [0.15, 0.2) is 47.5 Å². The second-order valence-corrected chi connectivity index (χ2v) is 5.35. The fourth-order valence-electron chi connectivity index (χ4n) is 2.63. The lowest BCUT2D eigenvalue weighted by Crippen LogP contribution is -2.28. The van der Waals surface area contributed by atoms with E-state index in [1.165, 1.54) is 12.1 Å². The van der Waals surface area contributed by atoms with Gasteiger partial charge in [0, 0.05) is 12.1 Å². The summed E-state index contributed by atoms with van der Waals surface area (Å²) in [5.74, 6) is -0.349. The van der Waals surface area contributed by atoms with Gasteiger partial charge in [0.25, 0.3) is 0 Å². The molecule has 1 aliphatic rings. The number of halogens is 4. The Balaban J connectivity index is 1.77. The minimum atomic E-state index is -4.36. The van der Waals surface area contributed by atoms with Crippen LogP contribution in [0.5, 0.6) is 0 Å². The summed E-state index contributed by atoms with van der Waals surface area (Å²) in [4.78, 5) is 5.81. The van der Waals surface area contributed by atoms with Crippen molar-refractivity contribution in [2.75, 3.05) is 11.4 Å². The van der Waals surface area contributed by atoms with Gasteiger partial charge in [0.05, 0.1) is 24.1 Å². The molecule has 0 radical (unpaired) electrons. The summed E-state index contributed by atoms with van der Waals surface area (Å²) in [6.45, 7) is 0.770. The van der Waals surface area contributed by atoms with Gasteiger partial charge in [0.2, 0.25) is 0 Å². The number of nitrogens with zero attached hydrogens (tertiary/aromatic N) is 2. The highest BCUT2D eigenvalue weighted by Crippen LogP contribution is 2.30. The average Bonchev–Trinajstić information content (AvgIpc) is 2.52. The molecule has 3 rings (SSSR count). The maximum absolute atomic E-state index is 14.0. The van der Waals surface area contributed by atoms with Crippen LogP contribution in [0.25, 0.3) is 0 Å². The van der Waals surface area contributed by atoms with Crippen molar-refractivity contribution in [1.82, 2.24) is 0 Å². The molecule has 0 fully saturated rings. The van der Waals surface area contributed by atoms with Crippen molar-refractivity contribution in [3.8, 4) is 0 Å². The largest absolute Gasteiger partial charge is 0.416 e. The number of alkyl halides is 3. The lowest BCUT2D eigenvalue weighted by atomic mass is 10.1. The monoisotopic (exact) mass is 322 g/mol. The highest BCUT2D eigenvalue weighted by atomic mass is 19.4. The molecule has 0 aromatic heterocycles. The van der Waals surface area contributed by atoms with E-state index in [2.05, 4.69) is 4.99 Å². The van der Waals surface area contributed by atoms with E-state index in [9.17, 15) is 17.6 Å². The van der Waals surface area contributed by atoms with Gasteiger partial charge in [-0.25, -0.2) is 4.39 Å². The predicted molar refractivity (Wildman–Crippen MR) is 81.1 cm³/mol. The summed E-state index contributed by atoms with van der Waals surface area (Å²) in [5, 5.41) is 0. The third kappa shape index (κ3) is 3.36. The molecule has 0 amide bonds. The molecule has 1 heterocycles. The van der Waals surface area contributed by atoms with Crippen molar-refractivity contribution >= 4 is 12.0 Å². The molecule has 0 unspecified atom stereocenters. The van der Waals surface area contributed by atoms with Gasteiger partial charge < -0.3 is 4.90 Å². The lowest BCUT2D eigenvalue weighted by Gasteiger charge is -2.26. The van der Waals surface area contributed by atoms with Gasteiger partial charge in [-0.2, -0.15) is 13.2 Å². The number of benzene rings is 2. The van der Waals surface area contributed by atoms with E-state index in [1.54, 1.807) is 29.4 Å². The van der Waals surface area contributed by atoms with Crippen LogP contribution in [0.4, 0.5) is 23.2 Å². The molecule has 0 saturated carbocycles. The number of fused-ring (bicyclic) bond motifs is 1. The summed E-state index contributed by atoms with van der Waals surface area (Å²) in [5.41, 5.74) is 1.11. The lowest BCUT2D eigenvalue weighted by molar-refractivity contribution is -0.137. The first kappa shape index (κ1) is 15.5. The van der Waals surface area contributed by atoms with E-state index in [0.717, 1.165) is 17.7 Å². The first-order valence-electron chi connectivity index (χ1n) is 7.15. The van der Waals surface area contributed by atoms with Crippen LogP contribution in [0.3, 0.4) is 0 Å². The molecular weight excluding hydrogens is 308 g/mol. The SMILES string of the molecule is Fc1cccc2c1N(CCc1cccc(C(F)(F)F)c1)C=NC2. The van der Waals surface area contributed by atoms with E-state index in [4.69, 9.17) is 0 Å². The molecule has 23 heavy (non-hydrogen) atoms. The van der Waals surface area contributed by atoms with Crippen molar-refractivity contribution in [1.29, 1.82) is 0 Å². The number of aliphatic imine (C=N–C) groups is 1. The zero-order valence-corrected chi connectivity index (χ0v) is 12.1. The molecule has 1 aliphatic heterocycles. The fraction of sp³-hybridized carbons (Fsp3) is 0.235. The Labute approximate surface area is 131 Å². The van der Waals surface area contributed by atoms with Gasteiger partial charge in [-0.1, -0.05) is 30.3 Å². The summed E-state index contributed by atoms with van der Waals surface area (Å²) in [6.07, 6.45) is -2.45. The molecule has 2 nitrogen and oxygen atoms in total. The van der Waals surface area contributed by atoms with Crippen LogP contribution in [0.1, 0.15) is 16.7 Å². The summed E-state index contributed by atoms with van der Waals surface area (Å²) >= 11 is 0. The fourth-order valence-corrected chi connectivity index (χ4v) is 2.63. The van der Waals surface area contributed by atoms with Crippen LogP contribution in [0.2, 0.25) is 0 Å². The van der Waals surface area contributed by atoms with Gasteiger partial charge in [0.1, 0.15) is 5.82 Å². The Kier molecular flexibility index (Phi) is 4.07. The van der Waals surface area contributed by atoms with E-state index in [1.807, 2.05) is 0 Å². The van der Waals surface area contributed by atoms with E-state index < -0.39 is 11.7 Å². The van der Waals surface area contributed by atoms with Gasteiger partial charge in [-0.15, -0.1) is 0 Å². The first-order chi connectivity index (χ1) is 10.9. The van der Waals surface area contributed by atoms with Gasteiger partial charge in [-0.05, 0) is 24.1 Å². The van der Waals surface area contributed by atoms with Crippen molar-refractivity contribution in [2.45, 2.75) is 19.1 Å². The highest BCUT2D eigenvalue weighted by molar-refractivity contribution is 5.83. The Morgan fingerprint density at radius 2 is 1.87 bits per heavy atom. The minimum Gasteiger partial charge on any atom is -0.330 e. The first-order valence-corrected chi connectivity index (χ1v) is 7.15. The number of para-hydroxylation sites is 1. The zero-order valence-electron chi connectivity index (χ0n) is 12.1. The van der Waals surface area contributed by atoms with Crippen LogP contribution in [-0.4, -0.2) is 12.9 Å². The van der Waals surface area contributed by atoms with Crippen molar-refractivity contribution in [2.24, 2.45) is 4.99 Å². The topological polar surface area (TPSA) is 15.6 Å². The van der Waals surface area contributed by atoms with Gasteiger partial charge in [0.15, 0.2) is 0 Å². The summed E-state index contributed by atoms with van der Waals surface area (Å²) in [7, 11) is 0. The maximum atomic E-state index is 14.0. The zero-order chi connectivity index (χ0) is 16.4. The van der Waals surface area contributed by atoms with Crippen LogP contribution >= 0.6 is 0 Å². The predicted octanol–water partition coefficient (Wildman–Crippen LogP) is 4.44. The van der Waals surface area contributed by atoms with E-state index in [-0.39, 0.29) is 5.82 Å². The molecule has 0 saturated heterocycles. The third-order valence-electron chi connectivity index (χ3n) is 3.74. The van der Waals surface area contributed by atoms with Crippen molar-refractivity contribution < 1.29 is 17.6 Å². The molecule has 0 bridgehead atoms. The molecule has 0 N–H and O–H groups in total. The molecule has 0 aliphatic carbocycles. The van der Waals surface area contributed by atoms with Gasteiger partial charge in [-0.3, -0.25) is 4.99 Å². The van der Waals surface area contributed by atoms with E-state index >= 15 is 0 Å². The van der Waals surface area contributed by atoms with Crippen molar-refractivity contribution in [3.05, 3.63) is 65.0 Å². The Hall–Kier alpha value is -2.37. The molecule has 0 atom stereocenters. The number of rotatable bonds is 3. The quantitative estimate of drug-likeness (QED) is 0.763. The molecule has 2 aromatic rings. The van der Waals surface area contributed by atoms with Crippen LogP contribution < -0.4 is 4.90 Å². The maximum Gasteiger partial charge on any atom is 0.416 e. The number of hydrogen-bond acceptors (Lipinski definition) is 2. The molecule has 6 heteroatoms. The number of anilines is 1. The number of hydrogen-bond donors (Lipinski definition) is 0. The van der Waals surface area contributed by atoms with Gasteiger partial charge >= 0.3 is 6.18 Å². The molecule has 120 valence electrons. The smallest absolute Gasteiger partial charge is 0.330 e. The second kappa shape index (κ2) is 6.02. The van der Waals surface area contributed by atoms with E-state index in [0.29, 0.717) is 30.8 Å². The molecule has 2 aromatic carbocycles. The molecular formula is C17H14F4N2. The highest BCUT2D eigenvalue weighted by Gasteiger charge is 2.30. The van der Waals surface area contributed by atoms with Crippen LogP contribution in [-0.2, 0) is 19.1 Å². The standard InChI is InChI=1S/C17H14F4N2/c18-15-6-2-4-13-10-22-11-23(16(13)15)8-7-12-3-1-5-14(9-12)17(19,20)21/h1-6,9,11H,7-8,10H2. The summed E-state index contributed by atoms with van der Waals surface area (Å²) < 4.78 is 52.2. The Bertz CT molecular complexity index is 738. The molecule has 0 spiro atoms. The average molecular weight is 322 g/mol. The van der Waals surface area contributed by atoms with Crippen molar-refractivity contribution in [3.63, 3.8) is 0 Å². The minimum absolute atomic E-state index is 0.349. The third-order valence-corrected chi connectivity index (χ3v) is 3.74.